The van der Waals surface area contributed by atoms with Crippen LogP contribution in [0.4, 0.5) is 0 Å². The van der Waals surface area contributed by atoms with Gasteiger partial charge in [0.05, 0.1) is 13.2 Å². The lowest BCUT2D eigenvalue weighted by molar-refractivity contribution is -0.318. The minimum absolute atomic E-state index is 0.208. The molecule has 0 spiro atoms. The second-order valence-corrected chi connectivity index (χ2v) is 7.28. The Kier molecular flexibility index (Phi) is 4.42. The molecule has 1 aliphatic heterocycles. The molecular formula is C17H30O2. The van der Waals surface area contributed by atoms with Gasteiger partial charge in [-0.05, 0) is 39.0 Å². The molecule has 2 rings (SSSR count). The molecule has 2 nitrogen and oxygen atoms in total. The fourth-order valence-corrected chi connectivity index (χ4v) is 3.64. The van der Waals surface area contributed by atoms with E-state index in [1.54, 1.807) is 0 Å². The first-order valence-corrected chi connectivity index (χ1v) is 7.82. The van der Waals surface area contributed by atoms with Gasteiger partial charge in [-0.2, -0.15) is 0 Å². The van der Waals surface area contributed by atoms with Crippen LogP contribution in [0.1, 0.15) is 60.3 Å². The summed E-state index contributed by atoms with van der Waals surface area (Å²) in [4.78, 5) is 0. The van der Waals surface area contributed by atoms with E-state index in [1.165, 1.54) is 24.8 Å². The molecule has 0 bridgehead atoms. The van der Waals surface area contributed by atoms with Gasteiger partial charge in [0.2, 0.25) is 0 Å². The van der Waals surface area contributed by atoms with Gasteiger partial charge in [-0.15, -0.1) is 0 Å². The van der Waals surface area contributed by atoms with Crippen molar-refractivity contribution in [2.24, 2.45) is 17.3 Å². The highest BCUT2D eigenvalue weighted by Gasteiger charge is 2.44. The number of ether oxygens (including phenoxy) is 2. The van der Waals surface area contributed by atoms with Crippen molar-refractivity contribution in [3.8, 4) is 0 Å². The summed E-state index contributed by atoms with van der Waals surface area (Å²) in [6, 6.07) is 0. The molecule has 2 heteroatoms. The molecule has 0 aromatic carbocycles. The minimum Gasteiger partial charge on any atom is -0.349 e. The van der Waals surface area contributed by atoms with E-state index in [0.29, 0.717) is 11.8 Å². The minimum atomic E-state index is -0.378. The molecule has 19 heavy (non-hydrogen) atoms. The maximum atomic E-state index is 6.22. The summed E-state index contributed by atoms with van der Waals surface area (Å²) >= 11 is 0. The molecule has 0 amide bonds. The lowest BCUT2D eigenvalue weighted by Gasteiger charge is -2.48. The molecule has 0 N–H and O–H groups in total. The Morgan fingerprint density at radius 1 is 1.26 bits per heavy atom. The van der Waals surface area contributed by atoms with Crippen molar-refractivity contribution in [2.45, 2.75) is 66.1 Å². The highest BCUT2D eigenvalue weighted by atomic mass is 16.7. The molecule has 0 aromatic rings. The first-order chi connectivity index (χ1) is 8.87. The van der Waals surface area contributed by atoms with E-state index in [2.05, 4.69) is 40.7 Å². The Balaban J connectivity index is 2.00. The number of allylic oxidation sites excluding steroid dienone is 2. The standard InChI is InChI=1S/C17H30O2/c1-6-7-16(4)11-18-17(5,19-12-16)15-9-13(2)8-14(3)10-15/h8,13,15H,6-7,9-12H2,1-5H3. The zero-order valence-corrected chi connectivity index (χ0v) is 13.3. The van der Waals surface area contributed by atoms with E-state index < -0.39 is 0 Å². The molecule has 1 heterocycles. The Hall–Kier alpha value is -0.340. The van der Waals surface area contributed by atoms with Crippen LogP contribution in [0.2, 0.25) is 0 Å². The van der Waals surface area contributed by atoms with E-state index in [1.807, 2.05) is 0 Å². The van der Waals surface area contributed by atoms with Crippen LogP contribution in [0.5, 0.6) is 0 Å². The molecule has 1 aliphatic carbocycles. The van der Waals surface area contributed by atoms with Crippen molar-refractivity contribution in [2.75, 3.05) is 13.2 Å². The molecule has 0 saturated carbocycles. The lowest BCUT2D eigenvalue weighted by atomic mass is 9.78. The molecule has 1 saturated heterocycles. The zero-order valence-electron chi connectivity index (χ0n) is 13.3. The SMILES string of the molecule is CCCC1(C)COC(C)(C2CC(C)=CC(C)C2)OC1. The summed E-state index contributed by atoms with van der Waals surface area (Å²) in [6.07, 6.45) is 7.07. The van der Waals surface area contributed by atoms with Crippen LogP contribution < -0.4 is 0 Å². The molecule has 0 radical (unpaired) electrons. The highest BCUT2D eigenvalue weighted by molar-refractivity contribution is 5.08. The van der Waals surface area contributed by atoms with Crippen molar-refractivity contribution in [1.82, 2.24) is 0 Å². The largest absolute Gasteiger partial charge is 0.349 e. The predicted molar refractivity (Wildman–Crippen MR) is 79.0 cm³/mol. The molecule has 1 fully saturated rings. The molecule has 0 aromatic heterocycles. The highest BCUT2D eigenvalue weighted by Crippen LogP contribution is 2.43. The maximum Gasteiger partial charge on any atom is 0.168 e. The van der Waals surface area contributed by atoms with Crippen LogP contribution in [0.25, 0.3) is 0 Å². The van der Waals surface area contributed by atoms with E-state index in [0.717, 1.165) is 19.6 Å². The molecule has 110 valence electrons. The second kappa shape index (κ2) is 5.57. The van der Waals surface area contributed by atoms with E-state index >= 15 is 0 Å². The second-order valence-electron chi connectivity index (χ2n) is 7.28. The van der Waals surface area contributed by atoms with Crippen molar-refractivity contribution < 1.29 is 9.47 Å². The van der Waals surface area contributed by atoms with Crippen LogP contribution in [-0.2, 0) is 9.47 Å². The van der Waals surface area contributed by atoms with Crippen molar-refractivity contribution in [3.05, 3.63) is 11.6 Å². The summed E-state index contributed by atoms with van der Waals surface area (Å²) in [5.41, 5.74) is 1.69. The molecule has 2 aliphatic rings. The molecule has 2 atom stereocenters. The Morgan fingerprint density at radius 2 is 1.89 bits per heavy atom. The summed E-state index contributed by atoms with van der Waals surface area (Å²) < 4.78 is 12.4. The summed E-state index contributed by atoms with van der Waals surface area (Å²) in [5, 5.41) is 0. The Morgan fingerprint density at radius 3 is 2.42 bits per heavy atom. The van der Waals surface area contributed by atoms with Crippen LogP contribution >= 0.6 is 0 Å². The predicted octanol–water partition coefficient (Wildman–Crippen LogP) is 4.55. The number of hydrogen-bond donors (Lipinski definition) is 0. The summed E-state index contributed by atoms with van der Waals surface area (Å²) in [6.45, 7) is 12.9. The maximum absolute atomic E-state index is 6.22. The quantitative estimate of drug-likeness (QED) is 0.698. The van der Waals surface area contributed by atoms with Crippen LogP contribution in [0.3, 0.4) is 0 Å². The van der Waals surface area contributed by atoms with Gasteiger partial charge < -0.3 is 9.47 Å². The van der Waals surface area contributed by atoms with Gasteiger partial charge in [0, 0.05) is 11.3 Å². The average Bonchev–Trinajstić information content (AvgIpc) is 2.33. The monoisotopic (exact) mass is 266 g/mol. The fourth-order valence-electron chi connectivity index (χ4n) is 3.64. The van der Waals surface area contributed by atoms with Crippen molar-refractivity contribution in [3.63, 3.8) is 0 Å². The lowest BCUT2D eigenvalue weighted by Crippen LogP contribution is -2.51. The van der Waals surface area contributed by atoms with E-state index in [4.69, 9.17) is 9.47 Å². The van der Waals surface area contributed by atoms with Gasteiger partial charge in [0.25, 0.3) is 0 Å². The van der Waals surface area contributed by atoms with Gasteiger partial charge in [-0.25, -0.2) is 0 Å². The molecule has 2 unspecified atom stereocenters. The van der Waals surface area contributed by atoms with Crippen molar-refractivity contribution in [1.29, 1.82) is 0 Å². The topological polar surface area (TPSA) is 18.5 Å². The van der Waals surface area contributed by atoms with Crippen LogP contribution in [0.15, 0.2) is 11.6 Å². The van der Waals surface area contributed by atoms with Crippen LogP contribution in [-0.4, -0.2) is 19.0 Å². The summed E-state index contributed by atoms with van der Waals surface area (Å²) in [7, 11) is 0. The van der Waals surface area contributed by atoms with Gasteiger partial charge in [-0.1, -0.05) is 38.8 Å². The normalized spacial score (nSPS) is 43.9. The van der Waals surface area contributed by atoms with E-state index in [9.17, 15) is 0 Å². The molecular weight excluding hydrogens is 236 g/mol. The Bertz CT molecular complexity index is 337. The van der Waals surface area contributed by atoms with Gasteiger partial charge >= 0.3 is 0 Å². The smallest absolute Gasteiger partial charge is 0.168 e. The average molecular weight is 266 g/mol. The van der Waals surface area contributed by atoms with Gasteiger partial charge in [-0.3, -0.25) is 0 Å². The third kappa shape index (κ3) is 3.41. The zero-order chi connectivity index (χ0) is 14.1. The third-order valence-corrected chi connectivity index (χ3v) is 4.80. The Labute approximate surface area is 118 Å². The number of rotatable bonds is 3. The first-order valence-electron chi connectivity index (χ1n) is 7.82. The van der Waals surface area contributed by atoms with Crippen molar-refractivity contribution >= 4 is 0 Å². The summed E-state index contributed by atoms with van der Waals surface area (Å²) in [5.74, 6) is 0.766. The fraction of sp³-hybridized carbons (Fsp3) is 0.882. The van der Waals surface area contributed by atoms with E-state index in [-0.39, 0.29) is 11.2 Å². The van der Waals surface area contributed by atoms with Crippen LogP contribution in [0, 0.1) is 17.3 Å². The third-order valence-electron chi connectivity index (χ3n) is 4.80. The van der Waals surface area contributed by atoms with Gasteiger partial charge in [0.15, 0.2) is 5.79 Å². The number of hydrogen-bond acceptors (Lipinski definition) is 2. The van der Waals surface area contributed by atoms with Gasteiger partial charge in [0.1, 0.15) is 0 Å². The first kappa shape index (κ1) is 15.1.